The Morgan fingerprint density at radius 1 is 1.12 bits per heavy atom. The van der Waals surface area contributed by atoms with Crippen molar-refractivity contribution >= 4 is 23.0 Å². The van der Waals surface area contributed by atoms with Gasteiger partial charge < -0.3 is 20.4 Å². The number of nitrogens with one attached hydrogen (secondary N) is 3. The Kier molecular flexibility index (Phi) is 5.19. The molecule has 8 heteroatoms. The van der Waals surface area contributed by atoms with Crippen LogP contribution < -0.4 is 26.8 Å². The van der Waals surface area contributed by atoms with Crippen LogP contribution in [0.15, 0.2) is 32.2 Å². The standard InChI is InChI=1S/C24H26FN3O4/c1-6-12-9-14(25)17(16-13(12)10-26-23(16)31)27-18-19(21(30)20(18)29)28-22(24(3,4)5)15-8-7-11(2)32-15/h7-9,22,27-28H,6,10H2,1-5H3,(H,26,31)/t22-/m0/s1. The molecule has 1 aliphatic rings. The van der Waals surface area contributed by atoms with Gasteiger partial charge in [-0.05, 0) is 48.1 Å². The largest absolute Gasteiger partial charge is 0.464 e. The van der Waals surface area contributed by atoms with Crippen molar-refractivity contribution in [2.24, 2.45) is 5.41 Å². The van der Waals surface area contributed by atoms with Crippen LogP contribution in [-0.4, -0.2) is 5.91 Å². The Hall–Kier alpha value is -3.42. The molecule has 1 atom stereocenters. The first-order valence-electron chi connectivity index (χ1n) is 10.6. The number of carbonyl (C=O) groups is 1. The van der Waals surface area contributed by atoms with E-state index < -0.39 is 28.6 Å². The molecule has 3 N–H and O–H groups in total. The van der Waals surface area contributed by atoms with Gasteiger partial charge in [0.25, 0.3) is 16.8 Å². The summed E-state index contributed by atoms with van der Waals surface area (Å²) in [4.78, 5) is 37.2. The zero-order chi connectivity index (χ0) is 23.4. The molecule has 168 valence electrons. The van der Waals surface area contributed by atoms with E-state index in [0.29, 0.717) is 24.3 Å². The number of aryl methyl sites for hydroxylation is 2. The fourth-order valence-corrected chi connectivity index (χ4v) is 4.13. The number of furan rings is 1. The van der Waals surface area contributed by atoms with Crippen LogP contribution in [0.2, 0.25) is 0 Å². The van der Waals surface area contributed by atoms with Crippen molar-refractivity contribution in [3.63, 3.8) is 0 Å². The second-order valence-electron chi connectivity index (χ2n) is 9.21. The molecule has 0 radical (unpaired) electrons. The minimum Gasteiger partial charge on any atom is -0.464 e. The van der Waals surface area contributed by atoms with Gasteiger partial charge in [0.1, 0.15) is 28.7 Å². The molecule has 32 heavy (non-hydrogen) atoms. The molecule has 2 aromatic carbocycles. The lowest BCUT2D eigenvalue weighted by Crippen LogP contribution is -2.39. The molecule has 0 aliphatic carbocycles. The van der Waals surface area contributed by atoms with E-state index in [1.54, 1.807) is 0 Å². The highest BCUT2D eigenvalue weighted by molar-refractivity contribution is 6.05. The number of anilines is 3. The summed E-state index contributed by atoms with van der Waals surface area (Å²) in [5.74, 6) is 0.279. The van der Waals surface area contributed by atoms with Crippen molar-refractivity contribution < 1.29 is 13.6 Å². The van der Waals surface area contributed by atoms with Gasteiger partial charge >= 0.3 is 0 Å². The lowest BCUT2D eigenvalue weighted by Gasteiger charge is -2.31. The lowest BCUT2D eigenvalue weighted by atomic mass is 9.84. The quantitative estimate of drug-likeness (QED) is 0.501. The van der Waals surface area contributed by atoms with Crippen LogP contribution in [0.25, 0.3) is 0 Å². The molecule has 0 unspecified atom stereocenters. The molecule has 4 rings (SSSR count). The van der Waals surface area contributed by atoms with Crippen LogP contribution in [0.3, 0.4) is 0 Å². The summed E-state index contributed by atoms with van der Waals surface area (Å²) in [5.41, 5.74) is -0.320. The van der Waals surface area contributed by atoms with E-state index in [9.17, 15) is 18.8 Å². The van der Waals surface area contributed by atoms with Crippen LogP contribution in [0.1, 0.15) is 66.7 Å². The number of amides is 1. The molecule has 1 amide bonds. The Morgan fingerprint density at radius 3 is 2.41 bits per heavy atom. The number of benzene rings is 1. The van der Waals surface area contributed by atoms with E-state index in [1.807, 2.05) is 46.8 Å². The van der Waals surface area contributed by atoms with Crippen molar-refractivity contribution in [3.05, 3.63) is 72.7 Å². The normalized spacial score (nSPS) is 14.4. The van der Waals surface area contributed by atoms with E-state index in [1.165, 1.54) is 6.07 Å². The molecule has 0 fully saturated rings. The first-order chi connectivity index (χ1) is 15.0. The average molecular weight is 439 g/mol. The molecule has 1 aliphatic heterocycles. The number of carbonyl (C=O) groups excluding carboxylic acids is 1. The Labute approximate surface area is 184 Å². The van der Waals surface area contributed by atoms with E-state index in [0.717, 1.165) is 11.3 Å². The lowest BCUT2D eigenvalue weighted by molar-refractivity contribution is 0.0966. The maximum absolute atomic E-state index is 15.0. The van der Waals surface area contributed by atoms with Gasteiger partial charge in [-0.2, -0.15) is 0 Å². The highest BCUT2D eigenvalue weighted by Crippen LogP contribution is 2.39. The molecule has 7 nitrogen and oxygen atoms in total. The molecule has 0 saturated carbocycles. The first kappa shape index (κ1) is 21.8. The summed E-state index contributed by atoms with van der Waals surface area (Å²) in [7, 11) is 0. The van der Waals surface area contributed by atoms with Crippen molar-refractivity contribution in [1.82, 2.24) is 5.32 Å². The van der Waals surface area contributed by atoms with E-state index in [4.69, 9.17) is 4.42 Å². The number of hydrogen-bond donors (Lipinski definition) is 3. The Morgan fingerprint density at radius 2 is 1.81 bits per heavy atom. The van der Waals surface area contributed by atoms with Gasteiger partial charge in [0.2, 0.25) is 0 Å². The summed E-state index contributed by atoms with van der Waals surface area (Å²) in [6.07, 6.45) is 0.567. The van der Waals surface area contributed by atoms with Crippen LogP contribution >= 0.6 is 0 Å². The van der Waals surface area contributed by atoms with Crippen LogP contribution in [0.5, 0.6) is 0 Å². The number of fused-ring (bicyclic) bond motifs is 1. The van der Waals surface area contributed by atoms with Gasteiger partial charge in [0.05, 0.1) is 17.3 Å². The number of hydrogen-bond acceptors (Lipinski definition) is 6. The Balaban J connectivity index is 1.74. The van der Waals surface area contributed by atoms with Gasteiger partial charge in [0, 0.05) is 6.54 Å². The van der Waals surface area contributed by atoms with E-state index in [-0.39, 0.29) is 28.0 Å². The third-order valence-corrected chi connectivity index (χ3v) is 5.87. The second-order valence-corrected chi connectivity index (χ2v) is 9.21. The summed E-state index contributed by atoms with van der Waals surface area (Å²) >= 11 is 0. The molecule has 1 aromatic heterocycles. The molecule has 0 saturated heterocycles. The smallest absolute Gasteiger partial charge is 0.254 e. The van der Waals surface area contributed by atoms with Crippen molar-refractivity contribution in [2.45, 2.75) is 53.6 Å². The molecular formula is C24H26FN3O4. The third-order valence-electron chi connectivity index (χ3n) is 5.87. The van der Waals surface area contributed by atoms with Crippen LogP contribution in [-0.2, 0) is 13.0 Å². The van der Waals surface area contributed by atoms with E-state index >= 15 is 0 Å². The van der Waals surface area contributed by atoms with Gasteiger partial charge in [-0.1, -0.05) is 27.7 Å². The van der Waals surface area contributed by atoms with Crippen LogP contribution in [0, 0.1) is 18.2 Å². The SMILES string of the molecule is CCc1cc(F)c(Nc2c(N[C@@H](c3ccc(C)o3)C(C)(C)C)c(=O)c2=O)c2c1CNC2=O. The predicted molar refractivity (Wildman–Crippen MR) is 121 cm³/mol. The third kappa shape index (κ3) is 3.49. The maximum Gasteiger partial charge on any atom is 0.254 e. The predicted octanol–water partition coefficient (Wildman–Crippen LogP) is 4.07. The van der Waals surface area contributed by atoms with Gasteiger partial charge in [-0.25, -0.2) is 4.39 Å². The molecule has 3 aromatic rings. The van der Waals surface area contributed by atoms with Crippen molar-refractivity contribution in [3.8, 4) is 0 Å². The monoisotopic (exact) mass is 439 g/mol. The van der Waals surface area contributed by atoms with Gasteiger partial charge in [-0.15, -0.1) is 0 Å². The van der Waals surface area contributed by atoms with Crippen molar-refractivity contribution in [1.29, 1.82) is 0 Å². The maximum atomic E-state index is 15.0. The van der Waals surface area contributed by atoms with Gasteiger partial charge in [0.15, 0.2) is 0 Å². The van der Waals surface area contributed by atoms with Crippen LogP contribution in [0.4, 0.5) is 21.5 Å². The molecule has 0 bridgehead atoms. The number of halogens is 1. The highest BCUT2D eigenvalue weighted by atomic mass is 19.1. The number of rotatable bonds is 6. The molecule has 2 heterocycles. The molecule has 0 spiro atoms. The highest BCUT2D eigenvalue weighted by Gasteiger charge is 2.34. The zero-order valence-electron chi connectivity index (χ0n) is 18.7. The van der Waals surface area contributed by atoms with Gasteiger partial charge in [-0.3, -0.25) is 14.4 Å². The fraction of sp³-hybridized carbons (Fsp3) is 0.375. The minimum absolute atomic E-state index is 0.0510. The topological polar surface area (TPSA) is 100 Å². The second kappa shape index (κ2) is 7.62. The summed E-state index contributed by atoms with van der Waals surface area (Å²) in [6, 6.07) is 4.59. The summed E-state index contributed by atoms with van der Waals surface area (Å²) in [6.45, 7) is 9.92. The van der Waals surface area contributed by atoms with Crippen molar-refractivity contribution in [2.75, 3.05) is 10.6 Å². The van der Waals surface area contributed by atoms with E-state index in [2.05, 4.69) is 16.0 Å². The first-order valence-corrected chi connectivity index (χ1v) is 10.6. The average Bonchev–Trinajstić information content (AvgIpc) is 3.33. The zero-order valence-corrected chi connectivity index (χ0v) is 18.7. The summed E-state index contributed by atoms with van der Waals surface area (Å²) < 4.78 is 20.7. The Bertz CT molecular complexity index is 1290. The fourth-order valence-electron chi connectivity index (χ4n) is 4.13. The minimum atomic E-state index is -0.762. The summed E-state index contributed by atoms with van der Waals surface area (Å²) in [5, 5.41) is 8.58. The molecular weight excluding hydrogens is 413 g/mol.